The Morgan fingerprint density at radius 1 is 1.41 bits per heavy atom. The molecule has 0 radical (unpaired) electrons. The van der Waals surface area contributed by atoms with Crippen molar-refractivity contribution in [1.29, 1.82) is 5.26 Å². The molecule has 22 heavy (non-hydrogen) atoms. The summed E-state index contributed by atoms with van der Waals surface area (Å²) in [7, 11) is 1.51. The van der Waals surface area contributed by atoms with Crippen molar-refractivity contribution in [1.82, 2.24) is 9.78 Å². The summed E-state index contributed by atoms with van der Waals surface area (Å²) in [5, 5.41) is 13.4. The third kappa shape index (κ3) is 2.74. The number of aryl methyl sites for hydroxylation is 1. The average molecular weight is 297 g/mol. The predicted molar refractivity (Wildman–Crippen MR) is 80.2 cm³/mol. The summed E-state index contributed by atoms with van der Waals surface area (Å²) >= 11 is 0. The molecule has 6 nitrogen and oxygen atoms in total. The van der Waals surface area contributed by atoms with Gasteiger partial charge in [0.15, 0.2) is 0 Å². The SMILES string of the molecule is COc1ccc(C=O)cc1Cn1nc(C)c(C)c(C#N)c1=O. The number of nitriles is 1. The highest BCUT2D eigenvalue weighted by atomic mass is 16.5. The van der Waals surface area contributed by atoms with Crippen LogP contribution in [0.3, 0.4) is 0 Å². The van der Waals surface area contributed by atoms with Crippen LogP contribution in [0.2, 0.25) is 0 Å². The van der Waals surface area contributed by atoms with Gasteiger partial charge in [0.2, 0.25) is 0 Å². The fraction of sp³-hybridized carbons (Fsp3) is 0.250. The molecule has 6 heteroatoms. The van der Waals surface area contributed by atoms with Crippen LogP contribution in [-0.4, -0.2) is 23.2 Å². The van der Waals surface area contributed by atoms with Gasteiger partial charge in [-0.2, -0.15) is 10.4 Å². The van der Waals surface area contributed by atoms with Gasteiger partial charge in [-0.05, 0) is 37.6 Å². The number of benzene rings is 1. The Kier molecular flexibility index (Phi) is 4.37. The van der Waals surface area contributed by atoms with Crippen LogP contribution >= 0.6 is 0 Å². The fourth-order valence-electron chi connectivity index (χ4n) is 2.17. The smallest absolute Gasteiger partial charge is 0.285 e. The summed E-state index contributed by atoms with van der Waals surface area (Å²) in [6.07, 6.45) is 0.722. The molecule has 0 aliphatic rings. The fourth-order valence-corrected chi connectivity index (χ4v) is 2.17. The highest BCUT2D eigenvalue weighted by molar-refractivity contribution is 5.75. The van der Waals surface area contributed by atoms with Crippen LogP contribution in [0.15, 0.2) is 23.0 Å². The molecule has 0 aliphatic heterocycles. The molecule has 0 fully saturated rings. The number of aromatic nitrogens is 2. The van der Waals surface area contributed by atoms with E-state index in [0.717, 1.165) is 6.29 Å². The van der Waals surface area contributed by atoms with Crippen LogP contribution in [0.25, 0.3) is 0 Å². The van der Waals surface area contributed by atoms with E-state index in [1.165, 1.54) is 11.8 Å². The van der Waals surface area contributed by atoms with E-state index in [1.807, 2.05) is 6.07 Å². The molecule has 1 aromatic carbocycles. The number of methoxy groups -OCH3 is 1. The van der Waals surface area contributed by atoms with Crippen molar-refractivity contribution >= 4 is 6.29 Å². The number of hydrogen-bond acceptors (Lipinski definition) is 5. The van der Waals surface area contributed by atoms with E-state index in [-0.39, 0.29) is 12.1 Å². The normalized spacial score (nSPS) is 10.1. The molecule has 0 N–H and O–H groups in total. The molecule has 112 valence electrons. The Labute approximate surface area is 127 Å². The van der Waals surface area contributed by atoms with Gasteiger partial charge in [-0.15, -0.1) is 0 Å². The van der Waals surface area contributed by atoms with Gasteiger partial charge in [0.05, 0.1) is 19.3 Å². The first-order valence-electron chi connectivity index (χ1n) is 6.62. The first-order chi connectivity index (χ1) is 10.5. The Morgan fingerprint density at radius 3 is 2.73 bits per heavy atom. The molecule has 0 unspecified atom stereocenters. The minimum Gasteiger partial charge on any atom is -0.496 e. The number of nitrogens with zero attached hydrogens (tertiary/aromatic N) is 3. The summed E-state index contributed by atoms with van der Waals surface area (Å²) in [5.41, 5.74) is 1.95. The number of hydrogen-bond donors (Lipinski definition) is 0. The van der Waals surface area contributed by atoms with Crippen molar-refractivity contribution in [3.8, 4) is 11.8 Å². The zero-order valence-electron chi connectivity index (χ0n) is 12.6. The minimum atomic E-state index is -0.454. The largest absolute Gasteiger partial charge is 0.496 e. The average Bonchev–Trinajstić information content (AvgIpc) is 2.53. The summed E-state index contributed by atoms with van der Waals surface area (Å²) in [6.45, 7) is 3.56. The van der Waals surface area contributed by atoms with Gasteiger partial charge in [-0.25, -0.2) is 4.68 Å². The molecule has 0 spiro atoms. The van der Waals surface area contributed by atoms with Crippen LogP contribution in [0.4, 0.5) is 0 Å². The van der Waals surface area contributed by atoms with E-state index < -0.39 is 5.56 Å². The van der Waals surface area contributed by atoms with E-state index in [9.17, 15) is 9.59 Å². The lowest BCUT2D eigenvalue weighted by molar-refractivity contribution is 0.112. The first kappa shape index (κ1) is 15.4. The van der Waals surface area contributed by atoms with Crippen molar-refractivity contribution in [2.24, 2.45) is 0 Å². The summed E-state index contributed by atoms with van der Waals surface area (Å²) in [5.74, 6) is 0.552. The Bertz CT molecular complexity index is 832. The predicted octanol–water partition coefficient (Wildman–Crippen LogP) is 1.60. The molecule has 1 heterocycles. The number of ether oxygens (including phenoxy) is 1. The quantitative estimate of drug-likeness (QED) is 0.800. The molecular formula is C16H15N3O3. The van der Waals surface area contributed by atoms with Gasteiger partial charge < -0.3 is 4.74 Å². The lowest BCUT2D eigenvalue weighted by Crippen LogP contribution is -2.28. The molecule has 0 saturated carbocycles. The van der Waals surface area contributed by atoms with Crippen LogP contribution < -0.4 is 10.3 Å². The van der Waals surface area contributed by atoms with E-state index >= 15 is 0 Å². The highest BCUT2D eigenvalue weighted by Crippen LogP contribution is 2.20. The maximum atomic E-state index is 12.3. The molecular weight excluding hydrogens is 282 g/mol. The van der Waals surface area contributed by atoms with Gasteiger partial charge in [0.25, 0.3) is 5.56 Å². The molecule has 0 atom stereocenters. The van der Waals surface area contributed by atoms with Crippen LogP contribution in [0.1, 0.15) is 32.7 Å². The number of aldehydes is 1. The van der Waals surface area contributed by atoms with Gasteiger partial charge in [0.1, 0.15) is 23.7 Å². The molecule has 1 aromatic heterocycles. The van der Waals surface area contributed by atoms with E-state index in [0.29, 0.717) is 28.1 Å². The van der Waals surface area contributed by atoms with Gasteiger partial charge in [0, 0.05) is 11.1 Å². The van der Waals surface area contributed by atoms with Crippen molar-refractivity contribution < 1.29 is 9.53 Å². The summed E-state index contributed by atoms with van der Waals surface area (Å²) in [6, 6.07) is 6.86. The standard InChI is InChI=1S/C16H15N3O3/c1-10-11(2)18-19(16(21)14(10)7-17)8-13-6-12(9-20)4-5-15(13)22-3/h4-6,9H,8H2,1-3H3. The third-order valence-electron chi connectivity index (χ3n) is 3.51. The number of carbonyl (C=O) groups is 1. The number of rotatable bonds is 4. The first-order valence-corrected chi connectivity index (χ1v) is 6.62. The van der Waals surface area contributed by atoms with Crippen molar-refractivity contribution in [2.75, 3.05) is 7.11 Å². The zero-order valence-corrected chi connectivity index (χ0v) is 12.6. The van der Waals surface area contributed by atoms with Gasteiger partial charge in [-0.1, -0.05) is 0 Å². The second-order valence-corrected chi connectivity index (χ2v) is 4.85. The molecule has 0 amide bonds. The summed E-state index contributed by atoms with van der Waals surface area (Å²) < 4.78 is 6.46. The summed E-state index contributed by atoms with van der Waals surface area (Å²) in [4.78, 5) is 23.2. The molecule has 0 saturated heterocycles. The van der Waals surface area contributed by atoms with Gasteiger partial charge >= 0.3 is 0 Å². The van der Waals surface area contributed by atoms with Crippen molar-refractivity contribution in [3.05, 3.63) is 56.5 Å². The molecule has 0 bridgehead atoms. The Hall–Kier alpha value is -2.94. The van der Waals surface area contributed by atoms with Crippen LogP contribution in [0, 0.1) is 25.2 Å². The minimum absolute atomic E-state index is 0.0815. The third-order valence-corrected chi connectivity index (χ3v) is 3.51. The maximum absolute atomic E-state index is 12.3. The Balaban J connectivity index is 2.57. The van der Waals surface area contributed by atoms with Crippen molar-refractivity contribution in [3.63, 3.8) is 0 Å². The zero-order chi connectivity index (χ0) is 16.3. The number of carbonyl (C=O) groups excluding carboxylic acids is 1. The lowest BCUT2D eigenvalue weighted by atomic mass is 10.1. The lowest BCUT2D eigenvalue weighted by Gasteiger charge is -2.12. The second-order valence-electron chi connectivity index (χ2n) is 4.85. The van der Waals surface area contributed by atoms with Crippen LogP contribution in [-0.2, 0) is 6.54 Å². The molecule has 2 rings (SSSR count). The molecule has 0 aliphatic carbocycles. The monoisotopic (exact) mass is 297 g/mol. The van der Waals surface area contributed by atoms with Gasteiger partial charge in [-0.3, -0.25) is 9.59 Å². The van der Waals surface area contributed by atoms with E-state index in [1.54, 1.807) is 32.0 Å². The van der Waals surface area contributed by atoms with E-state index in [4.69, 9.17) is 10.00 Å². The second kappa shape index (κ2) is 6.22. The Morgan fingerprint density at radius 2 is 2.14 bits per heavy atom. The van der Waals surface area contributed by atoms with Crippen LogP contribution in [0.5, 0.6) is 5.75 Å². The van der Waals surface area contributed by atoms with E-state index in [2.05, 4.69) is 5.10 Å². The molecule has 2 aromatic rings. The topological polar surface area (TPSA) is 85.0 Å². The van der Waals surface area contributed by atoms with Crippen molar-refractivity contribution in [2.45, 2.75) is 20.4 Å². The maximum Gasteiger partial charge on any atom is 0.285 e. The highest BCUT2D eigenvalue weighted by Gasteiger charge is 2.13.